The lowest BCUT2D eigenvalue weighted by molar-refractivity contribution is 0.405. The number of allylic oxidation sites excluding steroid dienone is 2. The Morgan fingerprint density at radius 1 is 1.29 bits per heavy atom. The lowest BCUT2D eigenvalue weighted by Gasteiger charge is -2.18. The Balaban J connectivity index is 2.53. The maximum atomic E-state index is 9.71. The van der Waals surface area contributed by atoms with E-state index in [4.69, 9.17) is 4.74 Å². The number of hydrogen-bond donors (Lipinski definition) is 1. The minimum atomic E-state index is 0.383. The summed E-state index contributed by atoms with van der Waals surface area (Å²) in [5.74, 6) is 1.26. The van der Waals surface area contributed by atoms with Gasteiger partial charge in [0.15, 0.2) is 0 Å². The minimum absolute atomic E-state index is 0.383. The van der Waals surface area contributed by atoms with E-state index in [-0.39, 0.29) is 0 Å². The molecule has 1 aliphatic carbocycles. The van der Waals surface area contributed by atoms with Crippen molar-refractivity contribution in [2.45, 2.75) is 19.8 Å². The summed E-state index contributed by atoms with van der Waals surface area (Å²) in [5.41, 5.74) is 3.45. The van der Waals surface area contributed by atoms with Crippen molar-refractivity contribution in [1.82, 2.24) is 0 Å². The molecule has 74 valence electrons. The molecule has 0 heterocycles. The Bertz CT molecular complexity index is 392. The smallest absolute Gasteiger partial charge is 0.122 e. The van der Waals surface area contributed by atoms with Crippen molar-refractivity contribution in [2.75, 3.05) is 7.11 Å². The molecule has 0 aliphatic heterocycles. The quantitative estimate of drug-likeness (QED) is 0.689. The van der Waals surface area contributed by atoms with Crippen LogP contribution in [0.25, 0.3) is 0 Å². The van der Waals surface area contributed by atoms with Crippen molar-refractivity contribution >= 4 is 0 Å². The highest BCUT2D eigenvalue weighted by molar-refractivity contribution is 5.52. The summed E-state index contributed by atoms with van der Waals surface area (Å²) in [7, 11) is 1.66. The van der Waals surface area contributed by atoms with Gasteiger partial charge in [-0.05, 0) is 31.9 Å². The standard InChI is InChI=1S/C12H14O2/c1-8-3-4-9-10(7-8)11(13)5-6-12(9)14-2/h3,5-6,13H,4,7H2,1-2H3. The molecule has 2 rings (SSSR count). The van der Waals surface area contributed by atoms with E-state index in [9.17, 15) is 5.11 Å². The second-order valence-electron chi connectivity index (χ2n) is 3.68. The zero-order valence-corrected chi connectivity index (χ0v) is 8.50. The summed E-state index contributed by atoms with van der Waals surface area (Å²) in [5, 5.41) is 9.71. The molecule has 0 bridgehead atoms. The molecule has 1 N–H and O–H groups in total. The Morgan fingerprint density at radius 3 is 2.79 bits per heavy atom. The monoisotopic (exact) mass is 190 g/mol. The summed E-state index contributed by atoms with van der Waals surface area (Å²) in [4.78, 5) is 0. The number of fused-ring (bicyclic) bond motifs is 1. The van der Waals surface area contributed by atoms with Crippen molar-refractivity contribution in [3.05, 3.63) is 34.9 Å². The van der Waals surface area contributed by atoms with Crippen LogP contribution < -0.4 is 4.74 Å². The largest absolute Gasteiger partial charge is 0.508 e. The van der Waals surface area contributed by atoms with Gasteiger partial charge in [-0.3, -0.25) is 0 Å². The van der Waals surface area contributed by atoms with Crippen molar-refractivity contribution in [3.8, 4) is 11.5 Å². The van der Waals surface area contributed by atoms with Crippen LogP contribution >= 0.6 is 0 Å². The average molecular weight is 190 g/mol. The number of benzene rings is 1. The third kappa shape index (κ3) is 1.37. The molecular weight excluding hydrogens is 176 g/mol. The molecule has 0 saturated heterocycles. The molecule has 1 aromatic rings. The van der Waals surface area contributed by atoms with Crippen LogP contribution in [0.5, 0.6) is 11.5 Å². The van der Waals surface area contributed by atoms with Crippen LogP contribution in [0.2, 0.25) is 0 Å². The van der Waals surface area contributed by atoms with Crippen LogP contribution in [0.4, 0.5) is 0 Å². The molecule has 1 aliphatic rings. The summed E-state index contributed by atoms with van der Waals surface area (Å²) >= 11 is 0. The molecule has 2 heteroatoms. The molecular formula is C12H14O2. The van der Waals surface area contributed by atoms with Gasteiger partial charge >= 0.3 is 0 Å². The van der Waals surface area contributed by atoms with E-state index < -0.39 is 0 Å². The van der Waals surface area contributed by atoms with Crippen molar-refractivity contribution in [3.63, 3.8) is 0 Å². The van der Waals surface area contributed by atoms with Crippen LogP contribution in [0, 0.1) is 0 Å². The van der Waals surface area contributed by atoms with Crippen LogP contribution in [-0.4, -0.2) is 12.2 Å². The Hall–Kier alpha value is -1.44. The molecule has 2 nitrogen and oxygen atoms in total. The SMILES string of the molecule is COc1ccc(O)c2c1CC=C(C)C2. The summed E-state index contributed by atoms with van der Waals surface area (Å²) in [6.45, 7) is 2.09. The van der Waals surface area contributed by atoms with E-state index in [1.807, 2.05) is 6.07 Å². The molecule has 0 saturated carbocycles. The number of phenols is 1. The lowest BCUT2D eigenvalue weighted by atomic mass is 9.91. The molecule has 14 heavy (non-hydrogen) atoms. The number of rotatable bonds is 1. The lowest BCUT2D eigenvalue weighted by Crippen LogP contribution is -2.04. The van der Waals surface area contributed by atoms with E-state index in [2.05, 4.69) is 13.0 Å². The Morgan fingerprint density at radius 2 is 2.07 bits per heavy atom. The van der Waals surface area contributed by atoms with E-state index in [0.717, 1.165) is 29.7 Å². The van der Waals surface area contributed by atoms with Gasteiger partial charge in [0, 0.05) is 11.1 Å². The number of hydrogen-bond acceptors (Lipinski definition) is 2. The van der Waals surface area contributed by atoms with Gasteiger partial charge in [-0.15, -0.1) is 0 Å². The van der Waals surface area contributed by atoms with E-state index in [1.165, 1.54) is 5.57 Å². The van der Waals surface area contributed by atoms with E-state index in [0.29, 0.717) is 5.75 Å². The predicted octanol–water partition coefficient (Wildman–Crippen LogP) is 2.45. The number of methoxy groups -OCH3 is 1. The summed E-state index contributed by atoms with van der Waals surface area (Å²) in [6.07, 6.45) is 3.88. The second kappa shape index (κ2) is 3.37. The fourth-order valence-corrected chi connectivity index (χ4v) is 1.90. The van der Waals surface area contributed by atoms with Gasteiger partial charge in [-0.2, -0.15) is 0 Å². The Kier molecular flexibility index (Phi) is 2.20. The van der Waals surface area contributed by atoms with Crippen LogP contribution in [-0.2, 0) is 12.8 Å². The highest BCUT2D eigenvalue weighted by Crippen LogP contribution is 2.34. The number of aromatic hydroxyl groups is 1. The molecule has 0 atom stereocenters. The molecule has 1 aromatic carbocycles. The van der Waals surface area contributed by atoms with Crippen molar-refractivity contribution in [1.29, 1.82) is 0 Å². The first-order valence-corrected chi connectivity index (χ1v) is 4.75. The summed E-state index contributed by atoms with van der Waals surface area (Å²) in [6, 6.07) is 3.53. The number of ether oxygens (including phenoxy) is 1. The minimum Gasteiger partial charge on any atom is -0.508 e. The zero-order valence-electron chi connectivity index (χ0n) is 8.50. The van der Waals surface area contributed by atoms with Crippen LogP contribution in [0.3, 0.4) is 0 Å². The van der Waals surface area contributed by atoms with Crippen molar-refractivity contribution < 1.29 is 9.84 Å². The first-order valence-electron chi connectivity index (χ1n) is 4.75. The maximum absolute atomic E-state index is 9.71. The van der Waals surface area contributed by atoms with Gasteiger partial charge in [-0.25, -0.2) is 0 Å². The number of phenolic OH excluding ortho intramolecular Hbond substituents is 1. The van der Waals surface area contributed by atoms with Gasteiger partial charge < -0.3 is 9.84 Å². The topological polar surface area (TPSA) is 29.5 Å². The van der Waals surface area contributed by atoms with Crippen molar-refractivity contribution in [2.24, 2.45) is 0 Å². The molecule has 0 radical (unpaired) electrons. The van der Waals surface area contributed by atoms with E-state index in [1.54, 1.807) is 13.2 Å². The van der Waals surface area contributed by atoms with E-state index >= 15 is 0 Å². The van der Waals surface area contributed by atoms with Crippen LogP contribution in [0.1, 0.15) is 18.1 Å². The van der Waals surface area contributed by atoms with Gasteiger partial charge in [-0.1, -0.05) is 11.6 Å². The molecule has 0 amide bonds. The maximum Gasteiger partial charge on any atom is 0.122 e. The molecule has 0 fully saturated rings. The fourth-order valence-electron chi connectivity index (χ4n) is 1.90. The molecule has 0 spiro atoms. The average Bonchev–Trinajstić information content (AvgIpc) is 2.19. The first kappa shape index (κ1) is 9.13. The normalized spacial score (nSPS) is 14.6. The predicted molar refractivity (Wildman–Crippen MR) is 55.8 cm³/mol. The zero-order chi connectivity index (χ0) is 10.1. The molecule has 0 aromatic heterocycles. The summed E-state index contributed by atoms with van der Waals surface area (Å²) < 4.78 is 5.26. The van der Waals surface area contributed by atoms with Gasteiger partial charge in [0.2, 0.25) is 0 Å². The highest BCUT2D eigenvalue weighted by atomic mass is 16.5. The van der Waals surface area contributed by atoms with Crippen LogP contribution in [0.15, 0.2) is 23.8 Å². The fraction of sp³-hybridized carbons (Fsp3) is 0.333. The highest BCUT2D eigenvalue weighted by Gasteiger charge is 2.16. The van der Waals surface area contributed by atoms with Gasteiger partial charge in [0.1, 0.15) is 11.5 Å². The third-order valence-corrected chi connectivity index (χ3v) is 2.69. The van der Waals surface area contributed by atoms with Gasteiger partial charge in [0.25, 0.3) is 0 Å². The Labute approximate surface area is 83.8 Å². The first-order chi connectivity index (χ1) is 6.72. The van der Waals surface area contributed by atoms with Gasteiger partial charge in [0.05, 0.1) is 7.11 Å². The third-order valence-electron chi connectivity index (χ3n) is 2.69. The second-order valence-corrected chi connectivity index (χ2v) is 3.68. The molecule has 0 unspecified atom stereocenters.